The van der Waals surface area contributed by atoms with Crippen LogP contribution in [0.3, 0.4) is 0 Å². The topological polar surface area (TPSA) is 124 Å². The van der Waals surface area contributed by atoms with Crippen molar-refractivity contribution in [2.24, 2.45) is 0 Å². The summed E-state index contributed by atoms with van der Waals surface area (Å²) in [6.45, 7) is 11.4. The minimum absolute atomic E-state index is 0.158. The molecule has 270 valence electrons. The first kappa shape index (κ1) is 43.8. The standard InChI is InChI=1S/C36H66O10/c1-7-9-11-13-15-17-19-21-23-25-29-41-31(37)33(39)43-45-35(3,4)27-28-36(5,6)46-44-34(40)32(38)42-30-26-24-22-20-18-16-14-12-10-8-2/h7-30H2,1-6H3. The van der Waals surface area contributed by atoms with E-state index in [9.17, 15) is 19.2 Å². The van der Waals surface area contributed by atoms with Crippen molar-refractivity contribution in [3.63, 3.8) is 0 Å². The van der Waals surface area contributed by atoms with Gasteiger partial charge in [-0.2, -0.15) is 9.78 Å². The molecule has 0 rings (SSSR count). The molecule has 0 fully saturated rings. The lowest BCUT2D eigenvalue weighted by molar-refractivity contribution is -0.339. The first-order valence-corrected chi connectivity index (χ1v) is 18.1. The highest BCUT2D eigenvalue weighted by Crippen LogP contribution is 2.25. The average Bonchev–Trinajstić information content (AvgIpc) is 3.02. The lowest BCUT2D eigenvalue weighted by atomic mass is 9.94. The minimum atomic E-state index is -1.22. The number of unbranched alkanes of at least 4 members (excludes halogenated alkanes) is 18. The van der Waals surface area contributed by atoms with Gasteiger partial charge in [-0.3, -0.25) is 9.78 Å². The quantitative estimate of drug-likeness (QED) is 0.0252. The molecule has 0 saturated heterocycles. The molecule has 0 aliphatic carbocycles. The third-order valence-corrected chi connectivity index (χ3v) is 7.81. The maximum atomic E-state index is 12.0. The highest BCUT2D eigenvalue weighted by Gasteiger charge is 2.32. The van der Waals surface area contributed by atoms with Gasteiger partial charge in [-0.15, -0.1) is 0 Å². The zero-order chi connectivity index (χ0) is 34.5. The van der Waals surface area contributed by atoms with Gasteiger partial charge >= 0.3 is 23.9 Å². The van der Waals surface area contributed by atoms with E-state index in [2.05, 4.69) is 13.8 Å². The predicted octanol–water partition coefficient (Wildman–Crippen LogP) is 9.20. The molecule has 0 radical (unpaired) electrons. The second-order valence-electron chi connectivity index (χ2n) is 13.6. The van der Waals surface area contributed by atoms with Crippen LogP contribution in [-0.4, -0.2) is 48.3 Å². The van der Waals surface area contributed by atoms with Crippen LogP contribution in [0, 0.1) is 0 Å². The van der Waals surface area contributed by atoms with Crippen LogP contribution in [0.2, 0.25) is 0 Å². The van der Waals surface area contributed by atoms with E-state index in [0.29, 0.717) is 25.7 Å². The van der Waals surface area contributed by atoms with Crippen molar-refractivity contribution in [3.05, 3.63) is 0 Å². The molecule has 0 aromatic heterocycles. The number of carbonyl (C=O) groups is 4. The van der Waals surface area contributed by atoms with Gasteiger partial charge in [0.2, 0.25) is 0 Å². The van der Waals surface area contributed by atoms with Crippen molar-refractivity contribution < 1.29 is 48.2 Å². The molecule has 10 heteroatoms. The summed E-state index contributed by atoms with van der Waals surface area (Å²) in [7, 11) is 0. The number of hydrogen-bond donors (Lipinski definition) is 0. The molecular formula is C36H66O10. The summed E-state index contributed by atoms with van der Waals surface area (Å²) in [5, 5.41) is 0. The van der Waals surface area contributed by atoms with Gasteiger partial charge in [0.25, 0.3) is 0 Å². The summed E-state index contributed by atoms with van der Waals surface area (Å²) >= 11 is 0. The summed E-state index contributed by atoms with van der Waals surface area (Å²) in [6.07, 6.45) is 23.7. The molecule has 0 aromatic carbocycles. The van der Waals surface area contributed by atoms with Crippen LogP contribution in [0.25, 0.3) is 0 Å². The van der Waals surface area contributed by atoms with Gasteiger partial charge in [-0.25, -0.2) is 19.2 Å². The molecule has 46 heavy (non-hydrogen) atoms. The maximum Gasteiger partial charge on any atom is 0.449 e. The summed E-state index contributed by atoms with van der Waals surface area (Å²) in [5.74, 6) is -4.63. The fourth-order valence-electron chi connectivity index (χ4n) is 4.68. The summed E-state index contributed by atoms with van der Waals surface area (Å²) in [6, 6.07) is 0. The lowest BCUT2D eigenvalue weighted by Crippen LogP contribution is -2.34. The third-order valence-electron chi connectivity index (χ3n) is 7.81. The molecule has 0 atom stereocenters. The Hall–Kier alpha value is -2.20. The Kier molecular flexibility index (Phi) is 26.5. The SMILES string of the molecule is CCCCCCCCCCCCOC(=O)C(=O)OOC(C)(C)CCC(C)(C)OOC(=O)C(=O)OCCCCCCCCCCCC. The molecular weight excluding hydrogens is 592 g/mol. The van der Waals surface area contributed by atoms with E-state index in [1.165, 1.54) is 89.9 Å². The van der Waals surface area contributed by atoms with Gasteiger partial charge in [0.1, 0.15) is 11.2 Å². The van der Waals surface area contributed by atoms with E-state index in [0.717, 1.165) is 25.7 Å². The highest BCUT2D eigenvalue weighted by molar-refractivity contribution is 6.29. The van der Waals surface area contributed by atoms with Gasteiger partial charge in [0.15, 0.2) is 0 Å². The normalized spacial score (nSPS) is 11.7. The van der Waals surface area contributed by atoms with E-state index in [-0.39, 0.29) is 13.2 Å². The summed E-state index contributed by atoms with van der Waals surface area (Å²) in [5.41, 5.74) is -1.96. The number of hydrogen-bond acceptors (Lipinski definition) is 10. The molecule has 10 nitrogen and oxygen atoms in total. The van der Waals surface area contributed by atoms with E-state index in [4.69, 9.17) is 29.0 Å². The van der Waals surface area contributed by atoms with Crippen molar-refractivity contribution in [3.8, 4) is 0 Å². The zero-order valence-corrected chi connectivity index (χ0v) is 30.1. The Labute approximate surface area is 279 Å². The van der Waals surface area contributed by atoms with Gasteiger partial charge in [0.05, 0.1) is 13.2 Å². The molecule has 0 aliphatic heterocycles. The van der Waals surface area contributed by atoms with Gasteiger partial charge in [-0.1, -0.05) is 129 Å². The number of ether oxygens (including phenoxy) is 2. The molecule has 0 aliphatic rings. The van der Waals surface area contributed by atoms with Crippen molar-refractivity contribution in [1.82, 2.24) is 0 Å². The first-order chi connectivity index (χ1) is 21.9. The summed E-state index contributed by atoms with van der Waals surface area (Å²) < 4.78 is 9.99. The fraction of sp³-hybridized carbons (Fsp3) is 0.889. The number of rotatable bonds is 29. The van der Waals surface area contributed by atoms with Gasteiger partial charge in [-0.05, 0) is 53.4 Å². The van der Waals surface area contributed by atoms with E-state index in [1.54, 1.807) is 27.7 Å². The van der Waals surface area contributed by atoms with Crippen LogP contribution in [-0.2, 0) is 48.2 Å². The van der Waals surface area contributed by atoms with Crippen molar-refractivity contribution in [1.29, 1.82) is 0 Å². The Morgan fingerprint density at radius 2 is 0.652 bits per heavy atom. The Morgan fingerprint density at radius 3 is 0.935 bits per heavy atom. The molecule has 0 heterocycles. The summed E-state index contributed by atoms with van der Waals surface area (Å²) in [4.78, 5) is 67.6. The van der Waals surface area contributed by atoms with E-state index >= 15 is 0 Å². The van der Waals surface area contributed by atoms with Crippen LogP contribution in [0.4, 0.5) is 0 Å². The zero-order valence-electron chi connectivity index (χ0n) is 30.1. The highest BCUT2D eigenvalue weighted by atomic mass is 17.2. The molecule has 0 bridgehead atoms. The number of esters is 2. The smallest absolute Gasteiger partial charge is 0.449 e. The Bertz CT molecular complexity index is 743. The largest absolute Gasteiger partial charge is 0.457 e. The lowest BCUT2D eigenvalue weighted by Gasteiger charge is -2.28. The van der Waals surface area contributed by atoms with Crippen molar-refractivity contribution in [2.45, 2.75) is 194 Å². The first-order valence-electron chi connectivity index (χ1n) is 18.1. The second kappa shape index (κ2) is 27.9. The molecule has 0 N–H and O–H groups in total. The van der Waals surface area contributed by atoms with Crippen molar-refractivity contribution in [2.75, 3.05) is 13.2 Å². The Balaban J connectivity index is 4.01. The minimum Gasteiger partial charge on any atom is -0.457 e. The van der Waals surface area contributed by atoms with Crippen LogP contribution in [0.1, 0.15) is 183 Å². The van der Waals surface area contributed by atoms with Crippen LogP contribution < -0.4 is 0 Å². The van der Waals surface area contributed by atoms with E-state index < -0.39 is 35.1 Å². The number of carbonyl (C=O) groups excluding carboxylic acids is 4. The fourth-order valence-corrected chi connectivity index (χ4v) is 4.68. The van der Waals surface area contributed by atoms with Gasteiger partial charge in [0, 0.05) is 0 Å². The molecule has 0 amide bonds. The van der Waals surface area contributed by atoms with Crippen LogP contribution in [0.15, 0.2) is 0 Å². The second-order valence-corrected chi connectivity index (χ2v) is 13.6. The maximum absolute atomic E-state index is 12.0. The average molecular weight is 659 g/mol. The van der Waals surface area contributed by atoms with Crippen LogP contribution >= 0.6 is 0 Å². The molecule has 0 spiro atoms. The monoisotopic (exact) mass is 658 g/mol. The molecule has 0 unspecified atom stereocenters. The Morgan fingerprint density at radius 1 is 0.391 bits per heavy atom. The predicted molar refractivity (Wildman–Crippen MR) is 177 cm³/mol. The molecule has 0 saturated carbocycles. The molecule has 0 aromatic rings. The van der Waals surface area contributed by atoms with Gasteiger partial charge < -0.3 is 9.47 Å². The van der Waals surface area contributed by atoms with Crippen LogP contribution in [0.5, 0.6) is 0 Å². The van der Waals surface area contributed by atoms with Crippen molar-refractivity contribution >= 4 is 23.9 Å². The van der Waals surface area contributed by atoms with E-state index in [1.807, 2.05) is 0 Å². The third kappa shape index (κ3) is 27.0.